The van der Waals surface area contributed by atoms with E-state index < -0.39 is 0 Å². The number of nitrogens with zero attached hydrogens (tertiary/aromatic N) is 1. The quantitative estimate of drug-likeness (QED) is 0.545. The number of ketones is 1. The maximum absolute atomic E-state index is 13.1. The van der Waals surface area contributed by atoms with Crippen molar-refractivity contribution in [3.63, 3.8) is 0 Å². The highest BCUT2D eigenvalue weighted by atomic mass is 16.5. The standard InChI is InChI=1S/C26H23NO3/c1-30-23-13-11-22(12-14-23)25-15-26(29)24(21-9-7-20(18-28)8-10-21)17-27(25)16-19-5-3-2-4-6-19/h2-14,17-18,25H,15-16H2,1H3. The molecule has 1 aliphatic heterocycles. The lowest BCUT2D eigenvalue weighted by Crippen LogP contribution is -2.30. The lowest BCUT2D eigenvalue weighted by molar-refractivity contribution is -0.115. The van der Waals surface area contributed by atoms with Gasteiger partial charge in [-0.25, -0.2) is 0 Å². The molecule has 0 fully saturated rings. The minimum absolute atomic E-state index is 0.0541. The van der Waals surface area contributed by atoms with Crippen LogP contribution in [0.3, 0.4) is 0 Å². The third kappa shape index (κ3) is 4.18. The van der Waals surface area contributed by atoms with Crippen LogP contribution in [-0.4, -0.2) is 24.1 Å². The minimum Gasteiger partial charge on any atom is -0.497 e. The Hall–Kier alpha value is -3.66. The zero-order chi connectivity index (χ0) is 20.9. The number of benzene rings is 3. The molecule has 0 spiro atoms. The van der Waals surface area contributed by atoms with Gasteiger partial charge in [0.05, 0.1) is 13.2 Å². The first-order chi connectivity index (χ1) is 14.7. The molecular weight excluding hydrogens is 374 g/mol. The Labute approximate surface area is 176 Å². The number of ether oxygens (including phenoxy) is 1. The average molecular weight is 397 g/mol. The fourth-order valence-electron chi connectivity index (χ4n) is 3.79. The van der Waals surface area contributed by atoms with Crippen molar-refractivity contribution in [2.45, 2.75) is 19.0 Å². The molecule has 1 unspecified atom stereocenters. The number of hydrogen-bond donors (Lipinski definition) is 0. The van der Waals surface area contributed by atoms with Crippen LogP contribution in [-0.2, 0) is 11.3 Å². The monoisotopic (exact) mass is 397 g/mol. The molecule has 1 atom stereocenters. The van der Waals surface area contributed by atoms with E-state index in [4.69, 9.17) is 4.74 Å². The molecule has 0 saturated carbocycles. The van der Waals surface area contributed by atoms with E-state index in [0.29, 0.717) is 24.1 Å². The van der Waals surface area contributed by atoms with Crippen molar-refractivity contribution in [3.05, 3.63) is 107 Å². The topological polar surface area (TPSA) is 46.6 Å². The van der Waals surface area contributed by atoms with Crippen molar-refractivity contribution in [2.24, 2.45) is 0 Å². The summed E-state index contributed by atoms with van der Waals surface area (Å²) in [6.07, 6.45) is 3.16. The number of carbonyl (C=O) groups excluding carboxylic acids is 2. The SMILES string of the molecule is COc1ccc(C2CC(=O)C(c3ccc(C=O)cc3)=CN2Cc2ccccc2)cc1. The first-order valence-corrected chi connectivity index (χ1v) is 9.92. The molecule has 0 saturated heterocycles. The van der Waals surface area contributed by atoms with Crippen LogP contribution in [0, 0.1) is 0 Å². The highest BCUT2D eigenvalue weighted by Gasteiger charge is 2.29. The number of allylic oxidation sites excluding steroid dienone is 1. The molecule has 0 amide bonds. The fraction of sp³-hybridized carbons (Fsp3) is 0.154. The molecule has 0 aromatic heterocycles. The van der Waals surface area contributed by atoms with E-state index in [-0.39, 0.29) is 11.8 Å². The lowest BCUT2D eigenvalue weighted by atomic mass is 9.89. The van der Waals surface area contributed by atoms with E-state index in [0.717, 1.165) is 23.2 Å². The van der Waals surface area contributed by atoms with Gasteiger partial charge in [0.25, 0.3) is 0 Å². The normalized spacial score (nSPS) is 16.2. The van der Waals surface area contributed by atoms with Gasteiger partial charge in [0.15, 0.2) is 5.78 Å². The van der Waals surface area contributed by atoms with E-state index >= 15 is 0 Å². The summed E-state index contributed by atoms with van der Waals surface area (Å²) in [7, 11) is 1.64. The summed E-state index contributed by atoms with van der Waals surface area (Å²) in [6, 6.07) is 25.2. The molecule has 1 aliphatic rings. The second kappa shape index (κ2) is 8.78. The van der Waals surface area contributed by atoms with E-state index in [2.05, 4.69) is 17.0 Å². The molecule has 30 heavy (non-hydrogen) atoms. The number of carbonyl (C=O) groups is 2. The molecule has 3 aromatic carbocycles. The maximum atomic E-state index is 13.1. The van der Waals surface area contributed by atoms with Gasteiger partial charge in [0.1, 0.15) is 12.0 Å². The summed E-state index contributed by atoms with van der Waals surface area (Å²) in [5.41, 5.74) is 4.36. The average Bonchev–Trinajstić information content (AvgIpc) is 2.81. The van der Waals surface area contributed by atoms with Crippen LogP contribution in [0.4, 0.5) is 0 Å². The van der Waals surface area contributed by atoms with Crippen molar-refractivity contribution >= 4 is 17.6 Å². The molecule has 0 radical (unpaired) electrons. The van der Waals surface area contributed by atoms with Crippen LogP contribution < -0.4 is 4.74 Å². The summed E-state index contributed by atoms with van der Waals surface area (Å²) < 4.78 is 5.28. The number of rotatable bonds is 6. The fourth-order valence-corrected chi connectivity index (χ4v) is 3.79. The Morgan fingerprint density at radius 2 is 1.67 bits per heavy atom. The highest BCUT2D eigenvalue weighted by molar-refractivity contribution is 6.21. The molecule has 0 N–H and O–H groups in total. The summed E-state index contributed by atoms with van der Waals surface area (Å²) in [6.45, 7) is 0.695. The van der Waals surface area contributed by atoms with Crippen molar-refractivity contribution in [1.82, 2.24) is 4.90 Å². The molecule has 4 heteroatoms. The summed E-state index contributed by atoms with van der Waals surface area (Å²) >= 11 is 0. The molecule has 0 aliphatic carbocycles. The number of methoxy groups -OCH3 is 1. The van der Waals surface area contributed by atoms with Crippen LogP contribution in [0.25, 0.3) is 5.57 Å². The number of hydrogen-bond acceptors (Lipinski definition) is 4. The van der Waals surface area contributed by atoms with Gasteiger partial charge in [-0.2, -0.15) is 0 Å². The largest absolute Gasteiger partial charge is 0.497 e. The summed E-state index contributed by atoms with van der Waals surface area (Å²) in [5, 5.41) is 0. The van der Waals surface area contributed by atoms with E-state index in [1.54, 1.807) is 19.2 Å². The maximum Gasteiger partial charge on any atom is 0.167 e. The molecule has 4 rings (SSSR count). The molecule has 150 valence electrons. The van der Waals surface area contributed by atoms with Gasteiger partial charge in [0, 0.05) is 30.3 Å². The zero-order valence-corrected chi connectivity index (χ0v) is 16.8. The first-order valence-electron chi connectivity index (χ1n) is 9.92. The van der Waals surface area contributed by atoms with E-state index in [1.165, 1.54) is 5.56 Å². The van der Waals surface area contributed by atoms with Gasteiger partial charge in [-0.05, 0) is 28.8 Å². The third-order valence-electron chi connectivity index (χ3n) is 5.44. The van der Waals surface area contributed by atoms with Gasteiger partial charge < -0.3 is 9.64 Å². The highest BCUT2D eigenvalue weighted by Crippen LogP contribution is 2.36. The Morgan fingerprint density at radius 3 is 2.30 bits per heavy atom. The lowest BCUT2D eigenvalue weighted by Gasteiger charge is -2.35. The molecule has 1 heterocycles. The smallest absolute Gasteiger partial charge is 0.167 e. The predicted molar refractivity (Wildman–Crippen MR) is 117 cm³/mol. The number of aldehydes is 1. The first kappa shape index (κ1) is 19.6. The summed E-state index contributed by atoms with van der Waals surface area (Å²) in [4.78, 5) is 26.2. The van der Waals surface area contributed by atoms with Crippen LogP contribution in [0.5, 0.6) is 5.75 Å². The third-order valence-corrected chi connectivity index (χ3v) is 5.44. The van der Waals surface area contributed by atoms with Crippen molar-refractivity contribution < 1.29 is 14.3 Å². The second-order valence-electron chi connectivity index (χ2n) is 7.36. The zero-order valence-electron chi connectivity index (χ0n) is 16.8. The number of Topliss-reactive ketones (excluding diaryl/α,β-unsaturated/α-hetero) is 1. The van der Waals surface area contributed by atoms with Crippen molar-refractivity contribution in [1.29, 1.82) is 0 Å². The van der Waals surface area contributed by atoms with Crippen LogP contribution in [0.2, 0.25) is 0 Å². The minimum atomic E-state index is -0.0541. The van der Waals surface area contributed by atoms with Crippen LogP contribution >= 0.6 is 0 Å². The van der Waals surface area contributed by atoms with Gasteiger partial charge in [-0.15, -0.1) is 0 Å². The van der Waals surface area contributed by atoms with Gasteiger partial charge in [-0.1, -0.05) is 66.7 Å². The molecule has 0 bridgehead atoms. The van der Waals surface area contributed by atoms with Gasteiger partial charge in [-0.3, -0.25) is 9.59 Å². The Bertz CT molecular complexity index is 1050. The Morgan fingerprint density at radius 1 is 0.967 bits per heavy atom. The van der Waals surface area contributed by atoms with Crippen LogP contribution in [0.1, 0.15) is 39.5 Å². The Kier molecular flexibility index (Phi) is 5.75. The Balaban J connectivity index is 1.71. The summed E-state index contributed by atoms with van der Waals surface area (Å²) in [5.74, 6) is 0.890. The van der Waals surface area contributed by atoms with Crippen molar-refractivity contribution in [3.8, 4) is 5.75 Å². The molecule has 4 nitrogen and oxygen atoms in total. The van der Waals surface area contributed by atoms with Crippen LogP contribution in [0.15, 0.2) is 85.1 Å². The second-order valence-corrected chi connectivity index (χ2v) is 7.36. The molecular formula is C26H23NO3. The van der Waals surface area contributed by atoms with E-state index in [9.17, 15) is 9.59 Å². The van der Waals surface area contributed by atoms with Gasteiger partial charge in [0.2, 0.25) is 0 Å². The van der Waals surface area contributed by atoms with E-state index in [1.807, 2.05) is 60.8 Å². The predicted octanol–water partition coefficient (Wildman–Crippen LogP) is 5.06. The molecule has 3 aromatic rings. The van der Waals surface area contributed by atoms with Crippen molar-refractivity contribution in [2.75, 3.05) is 7.11 Å². The van der Waals surface area contributed by atoms with Gasteiger partial charge >= 0.3 is 0 Å².